The molecule has 2 fully saturated rings. The van der Waals surface area contributed by atoms with Gasteiger partial charge in [0, 0.05) is 10.8 Å². The molecule has 3 aliphatic rings. The lowest BCUT2D eigenvalue weighted by atomic mass is 9.68. The minimum atomic E-state index is -0.301. The molecule has 2 aromatic rings. The van der Waals surface area contributed by atoms with Gasteiger partial charge in [-0.15, -0.1) is 11.3 Å². The molecule has 1 aromatic carbocycles. The van der Waals surface area contributed by atoms with Crippen LogP contribution in [-0.2, 0) is 20.9 Å². The van der Waals surface area contributed by atoms with Gasteiger partial charge in [0.2, 0.25) is 11.8 Å². The summed E-state index contributed by atoms with van der Waals surface area (Å²) in [5.74, 6) is -0.442. The maximum atomic E-state index is 13.6. The molecule has 0 unspecified atom stereocenters. The molecule has 0 spiro atoms. The molecular weight excluding hydrogens is 506 g/mol. The Labute approximate surface area is 227 Å². The Morgan fingerprint density at radius 1 is 1.22 bits per heavy atom. The third kappa shape index (κ3) is 5.16. The van der Waals surface area contributed by atoms with Crippen molar-refractivity contribution in [2.75, 3.05) is 6.61 Å². The molecule has 196 valence electrons. The number of phenols is 1. The Morgan fingerprint density at radius 2 is 2.05 bits per heavy atom. The Balaban J connectivity index is 1.35. The third-order valence-corrected chi connectivity index (χ3v) is 9.26. The number of allylic oxidation sites excluding steroid dienone is 2. The van der Waals surface area contributed by atoms with Gasteiger partial charge in [-0.05, 0) is 72.9 Å². The maximum Gasteiger partial charge on any atom is 0.234 e. The number of hydrogen-bond acceptors (Lipinski definition) is 5. The smallest absolute Gasteiger partial charge is 0.234 e. The topological polar surface area (TPSA) is 66.8 Å². The van der Waals surface area contributed by atoms with Crippen molar-refractivity contribution >= 4 is 40.8 Å². The molecule has 1 aromatic heterocycles. The van der Waals surface area contributed by atoms with Crippen molar-refractivity contribution in [1.29, 1.82) is 0 Å². The lowest BCUT2D eigenvalue weighted by Gasteiger charge is -2.32. The first-order chi connectivity index (χ1) is 17.9. The number of hydrogen-bond donors (Lipinski definition) is 1. The van der Waals surface area contributed by atoms with Crippen molar-refractivity contribution in [1.82, 2.24) is 4.90 Å². The first kappa shape index (κ1) is 26.2. The zero-order chi connectivity index (χ0) is 26.1. The van der Waals surface area contributed by atoms with Gasteiger partial charge in [0.1, 0.15) is 5.75 Å². The van der Waals surface area contributed by atoms with Crippen LogP contribution in [0.2, 0.25) is 5.02 Å². The number of nitrogens with zero attached hydrogens (tertiary/aromatic N) is 1. The van der Waals surface area contributed by atoms with Gasteiger partial charge in [0.25, 0.3) is 0 Å². The third-order valence-electron chi connectivity index (χ3n) is 8.07. The summed E-state index contributed by atoms with van der Waals surface area (Å²) in [5, 5.41) is 12.2. The molecular formula is C30H34ClNO4S. The molecule has 2 aliphatic heterocycles. The molecule has 0 saturated carbocycles. The summed E-state index contributed by atoms with van der Waals surface area (Å²) in [5.41, 5.74) is 4.79. The summed E-state index contributed by atoms with van der Waals surface area (Å²) in [6, 6.07) is 8.99. The molecule has 7 heteroatoms. The lowest BCUT2D eigenvalue weighted by Crippen LogP contribution is -2.34. The second kappa shape index (κ2) is 11.1. The average molecular weight is 540 g/mol. The van der Waals surface area contributed by atoms with E-state index in [2.05, 4.69) is 19.9 Å². The number of fused-ring (bicyclic) bond motifs is 3. The van der Waals surface area contributed by atoms with E-state index in [1.165, 1.54) is 21.6 Å². The number of benzene rings is 1. The van der Waals surface area contributed by atoms with Gasteiger partial charge in [-0.1, -0.05) is 55.2 Å². The molecule has 2 saturated heterocycles. The fourth-order valence-corrected chi connectivity index (χ4v) is 7.23. The van der Waals surface area contributed by atoms with Crippen molar-refractivity contribution in [3.05, 3.63) is 67.9 Å². The highest BCUT2D eigenvalue weighted by Crippen LogP contribution is 2.51. The summed E-state index contributed by atoms with van der Waals surface area (Å²) < 4.78 is 6.37. The normalized spacial score (nSPS) is 25.7. The van der Waals surface area contributed by atoms with E-state index in [1.54, 1.807) is 23.5 Å². The molecule has 1 aliphatic carbocycles. The van der Waals surface area contributed by atoms with Gasteiger partial charge in [-0.25, -0.2) is 0 Å². The Hall–Kier alpha value is -2.41. The number of aromatic hydroxyl groups is 1. The summed E-state index contributed by atoms with van der Waals surface area (Å²) in [6.45, 7) is 5.19. The van der Waals surface area contributed by atoms with Crippen molar-refractivity contribution in [3.8, 4) is 5.75 Å². The van der Waals surface area contributed by atoms with E-state index >= 15 is 0 Å². The Kier molecular flexibility index (Phi) is 7.89. The number of imide groups is 1. The van der Waals surface area contributed by atoms with Crippen LogP contribution in [0.4, 0.5) is 0 Å². The highest BCUT2D eigenvalue weighted by atomic mass is 35.5. The minimum absolute atomic E-state index is 0.00400. The zero-order valence-electron chi connectivity index (χ0n) is 21.4. The predicted octanol–water partition coefficient (Wildman–Crippen LogP) is 7.00. The Bertz CT molecular complexity index is 1230. The molecule has 37 heavy (non-hydrogen) atoms. The number of amides is 2. The van der Waals surface area contributed by atoms with Crippen LogP contribution in [0.1, 0.15) is 62.8 Å². The Morgan fingerprint density at radius 3 is 2.76 bits per heavy atom. The second-order valence-corrected chi connectivity index (χ2v) is 11.8. The predicted molar refractivity (Wildman–Crippen MR) is 147 cm³/mol. The van der Waals surface area contributed by atoms with Crippen molar-refractivity contribution in [2.24, 2.45) is 17.8 Å². The zero-order valence-corrected chi connectivity index (χ0v) is 23.0. The number of likely N-dealkylation sites (tertiary alicyclic amines) is 1. The van der Waals surface area contributed by atoms with E-state index in [9.17, 15) is 14.7 Å². The SMILES string of the molecule is CCCC1=C2[C@@H](CC/C(=C/c3ccc(O)cc3Cl)CC)OC[C@@H]2[C@@H]2C(=O)N(Cc3cccs3)C(=O)[C@@H]2C1. The van der Waals surface area contributed by atoms with Crippen LogP contribution in [0.3, 0.4) is 0 Å². The fraction of sp³-hybridized carbons (Fsp3) is 0.467. The molecule has 3 heterocycles. The molecule has 0 radical (unpaired) electrons. The van der Waals surface area contributed by atoms with Crippen LogP contribution in [-0.4, -0.2) is 34.5 Å². The first-order valence-corrected chi connectivity index (χ1v) is 14.6. The van der Waals surface area contributed by atoms with Crippen molar-refractivity contribution in [3.63, 3.8) is 0 Å². The number of carbonyl (C=O) groups excluding carboxylic acids is 2. The first-order valence-electron chi connectivity index (χ1n) is 13.3. The molecule has 4 atom stereocenters. The van der Waals surface area contributed by atoms with E-state index < -0.39 is 0 Å². The van der Waals surface area contributed by atoms with Crippen LogP contribution in [0.5, 0.6) is 5.75 Å². The molecule has 5 rings (SSSR count). The van der Waals surface area contributed by atoms with E-state index in [0.717, 1.165) is 42.5 Å². The van der Waals surface area contributed by atoms with Crippen LogP contribution < -0.4 is 0 Å². The largest absolute Gasteiger partial charge is 0.508 e. The monoisotopic (exact) mass is 539 g/mol. The standard InChI is InChI=1S/C30H34ClNO4S/c1-3-6-20-14-23-28(30(35)32(29(23)34)16-22-7-5-12-37-22)24-17-36-26(27(20)24)11-8-18(4-2)13-19-9-10-21(33)15-25(19)31/h5,7,9-10,12-13,15,23-24,26,28,33H,3-4,6,8,11,14,16-17H2,1-2H3/b18-13+/t23-,24+,26-,28-/m1/s1. The average Bonchev–Trinajstić information content (AvgIpc) is 3.60. The molecule has 2 amide bonds. The van der Waals surface area contributed by atoms with Crippen LogP contribution in [0.25, 0.3) is 6.08 Å². The van der Waals surface area contributed by atoms with Gasteiger partial charge < -0.3 is 9.84 Å². The van der Waals surface area contributed by atoms with Crippen LogP contribution in [0, 0.1) is 17.8 Å². The number of phenolic OH excluding ortho intramolecular Hbond substituents is 1. The van der Waals surface area contributed by atoms with Gasteiger partial charge in [-0.2, -0.15) is 0 Å². The van der Waals surface area contributed by atoms with Crippen molar-refractivity contribution in [2.45, 2.75) is 65.0 Å². The van der Waals surface area contributed by atoms with E-state index in [-0.39, 0.29) is 41.4 Å². The molecule has 0 bridgehead atoms. The summed E-state index contributed by atoms with van der Waals surface area (Å²) >= 11 is 7.92. The van der Waals surface area contributed by atoms with Crippen LogP contribution >= 0.6 is 22.9 Å². The van der Waals surface area contributed by atoms with Crippen molar-refractivity contribution < 1.29 is 19.4 Å². The van der Waals surface area contributed by atoms with Gasteiger partial charge in [0.15, 0.2) is 0 Å². The van der Waals surface area contributed by atoms with E-state index in [0.29, 0.717) is 24.6 Å². The minimum Gasteiger partial charge on any atom is -0.508 e. The number of halogens is 1. The highest BCUT2D eigenvalue weighted by molar-refractivity contribution is 7.09. The summed E-state index contributed by atoms with van der Waals surface area (Å²) in [6.07, 6.45) is 7.31. The van der Waals surface area contributed by atoms with Gasteiger partial charge >= 0.3 is 0 Å². The summed E-state index contributed by atoms with van der Waals surface area (Å²) in [7, 11) is 0. The molecule has 5 nitrogen and oxygen atoms in total. The lowest BCUT2D eigenvalue weighted by molar-refractivity contribution is -0.140. The van der Waals surface area contributed by atoms with Gasteiger partial charge in [-0.3, -0.25) is 14.5 Å². The highest BCUT2D eigenvalue weighted by Gasteiger charge is 2.56. The van der Waals surface area contributed by atoms with Crippen LogP contribution in [0.15, 0.2) is 52.4 Å². The number of rotatable bonds is 9. The second-order valence-electron chi connectivity index (χ2n) is 10.3. The quantitative estimate of drug-likeness (QED) is 0.275. The van der Waals surface area contributed by atoms with E-state index in [1.807, 2.05) is 23.6 Å². The number of ether oxygens (including phenoxy) is 1. The summed E-state index contributed by atoms with van der Waals surface area (Å²) in [4.78, 5) is 29.5. The maximum absolute atomic E-state index is 13.6. The van der Waals surface area contributed by atoms with Gasteiger partial charge in [0.05, 0.1) is 36.1 Å². The fourth-order valence-electron chi connectivity index (χ4n) is 6.31. The number of thiophene rings is 1. The molecule has 1 N–H and O–H groups in total. The van der Waals surface area contributed by atoms with E-state index in [4.69, 9.17) is 16.3 Å². The number of carbonyl (C=O) groups is 2.